The minimum Gasteiger partial charge on any atom is -0.323 e. The van der Waals surface area contributed by atoms with E-state index in [1.54, 1.807) is 4.90 Å². The minimum absolute atomic E-state index is 0.00675. The Morgan fingerprint density at radius 1 is 1.35 bits per heavy atom. The lowest BCUT2D eigenvalue weighted by molar-refractivity contribution is -0.126. The number of carbonyl (C=O) groups excluding carboxylic acids is 2. The van der Waals surface area contributed by atoms with Crippen LogP contribution in [0.15, 0.2) is 24.3 Å². The zero-order valence-electron chi connectivity index (χ0n) is 11.6. The first kappa shape index (κ1) is 13.1. The SMILES string of the molecule is CN1CCC[C@@H](C(=O)N2CC(=O)Nc3ccccc32)C1. The molecule has 1 aromatic rings. The van der Waals surface area contributed by atoms with E-state index in [4.69, 9.17) is 0 Å². The monoisotopic (exact) mass is 273 g/mol. The molecule has 20 heavy (non-hydrogen) atoms. The van der Waals surface area contributed by atoms with Crippen LogP contribution in [0.5, 0.6) is 0 Å². The number of hydrogen-bond acceptors (Lipinski definition) is 3. The van der Waals surface area contributed by atoms with Gasteiger partial charge in [0.05, 0.1) is 17.3 Å². The molecule has 1 fully saturated rings. The Balaban J connectivity index is 1.86. The molecule has 0 aromatic heterocycles. The molecule has 0 aliphatic carbocycles. The lowest BCUT2D eigenvalue weighted by Gasteiger charge is -2.35. The number of fused-ring (bicyclic) bond motifs is 1. The topological polar surface area (TPSA) is 52.7 Å². The first-order valence-corrected chi connectivity index (χ1v) is 7.04. The van der Waals surface area contributed by atoms with Gasteiger partial charge in [0.1, 0.15) is 6.54 Å². The van der Waals surface area contributed by atoms with Gasteiger partial charge in [0.15, 0.2) is 0 Å². The van der Waals surface area contributed by atoms with Gasteiger partial charge in [0.2, 0.25) is 11.8 Å². The van der Waals surface area contributed by atoms with E-state index in [-0.39, 0.29) is 24.3 Å². The summed E-state index contributed by atoms with van der Waals surface area (Å²) in [6.45, 7) is 1.94. The number of carbonyl (C=O) groups is 2. The lowest BCUT2D eigenvalue weighted by atomic mass is 9.96. The summed E-state index contributed by atoms with van der Waals surface area (Å²) in [4.78, 5) is 28.3. The van der Waals surface area contributed by atoms with Crippen LogP contribution in [0.25, 0.3) is 0 Å². The quantitative estimate of drug-likeness (QED) is 0.839. The van der Waals surface area contributed by atoms with Crippen molar-refractivity contribution in [3.8, 4) is 0 Å². The average Bonchev–Trinajstić information content (AvgIpc) is 2.45. The third-order valence-corrected chi connectivity index (χ3v) is 4.01. The zero-order chi connectivity index (χ0) is 14.1. The van der Waals surface area contributed by atoms with E-state index in [0.717, 1.165) is 37.3 Å². The van der Waals surface area contributed by atoms with Crippen LogP contribution in [0, 0.1) is 5.92 Å². The predicted octanol–water partition coefficient (Wildman–Crippen LogP) is 1.31. The van der Waals surface area contributed by atoms with Gasteiger partial charge in [0.25, 0.3) is 0 Å². The summed E-state index contributed by atoms with van der Waals surface area (Å²) in [6, 6.07) is 7.48. The smallest absolute Gasteiger partial charge is 0.244 e. The second-order valence-electron chi connectivity index (χ2n) is 5.59. The van der Waals surface area contributed by atoms with E-state index in [9.17, 15) is 9.59 Å². The van der Waals surface area contributed by atoms with Gasteiger partial charge in [-0.05, 0) is 38.6 Å². The number of likely N-dealkylation sites (tertiary alicyclic amines) is 1. The highest BCUT2D eigenvalue weighted by atomic mass is 16.2. The van der Waals surface area contributed by atoms with E-state index in [1.807, 2.05) is 31.3 Å². The third-order valence-electron chi connectivity index (χ3n) is 4.01. The first-order valence-electron chi connectivity index (χ1n) is 7.04. The van der Waals surface area contributed by atoms with Crippen LogP contribution in [0.2, 0.25) is 0 Å². The fourth-order valence-electron chi connectivity index (χ4n) is 3.02. The number of piperidine rings is 1. The highest BCUT2D eigenvalue weighted by Crippen LogP contribution is 2.31. The van der Waals surface area contributed by atoms with Crippen molar-refractivity contribution >= 4 is 23.2 Å². The lowest BCUT2D eigenvalue weighted by Crippen LogP contribution is -2.48. The fourth-order valence-corrected chi connectivity index (χ4v) is 3.02. The van der Waals surface area contributed by atoms with Crippen molar-refractivity contribution < 1.29 is 9.59 Å². The van der Waals surface area contributed by atoms with Crippen molar-refractivity contribution in [3.05, 3.63) is 24.3 Å². The predicted molar refractivity (Wildman–Crippen MR) is 77.6 cm³/mol. The highest BCUT2D eigenvalue weighted by Gasteiger charge is 2.33. The zero-order valence-corrected chi connectivity index (χ0v) is 11.6. The second-order valence-corrected chi connectivity index (χ2v) is 5.59. The van der Waals surface area contributed by atoms with Crippen molar-refractivity contribution in [2.24, 2.45) is 5.92 Å². The van der Waals surface area contributed by atoms with E-state index in [1.165, 1.54) is 0 Å². The first-order chi connectivity index (χ1) is 9.65. The van der Waals surface area contributed by atoms with E-state index >= 15 is 0 Å². The third kappa shape index (κ3) is 2.41. The molecule has 0 radical (unpaired) electrons. The Hall–Kier alpha value is -1.88. The average molecular weight is 273 g/mol. The summed E-state index contributed by atoms with van der Waals surface area (Å²) in [5.41, 5.74) is 1.53. The normalized spacial score (nSPS) is 23.1. The molecule has 2 amide bonds. The van der Waals surface area contributed by atoms with Crippen LogP contribution >= 0.6 is 0 Å². The summed E-state index contributed by atoms with van der Waals surface area (Å²) >= 11 is 0. The Bertz CT molecular complexity index is 544. The number of nitrogens with one attached hydrogen (secondary N) is 1. The number of benzene rings is 1. The molecule has 1 saturated heterocycles. The standard InChI is InChI=1S/C15H19N3O2/c1-17-8-4-5-11(9-17)15(20)18-10-14(19)16-12-6-2-3-7-13(12)18/h2-3,6-7,11H,4-5,8-10H2,1H3,(H,16,19)/t11-/m1/s1. The number of hydrogen-bond donors (Lipinski definition) is 1. The summed E-state index contributed by atoms with van der Waals surface area (Å²) in [5, 5.41) is 2.81. The van der Waals surface area contributed by atoms with Crippen LogP contribution in [0.4, 0.5) is 11.4 Å². The van der Waals surface area contributed by atoms with Gasteiger partial charge in [-0.3, -0.25) is 9.59 Å². The molecule has 2 aliphatic rings. The molecule has 106 valence electrons. The highest BCUT2D eigenvalue weighted by molar-refractivity contribution is 6.10. The Morgan fingerprint density at radius 2 is 2.15 bits per heavy atom. The number of para-hydroxylation sites is 2. The maximum Gasteiger partial charge on any atom is 0.244 e. The molecule has 3 rings (SSSR count). The van der Waals surface area contributed by atoms with Crippen LogP contribution in [0.1, 0.15) is 12.8 Å². The van der Waals surface area contributed by atoms with E-state index < -0.39 is 0 Å². The molecule has 2 heterocycles. The molecular weight excluding hydrogens is 254 g/mol. The van der Waals surface area contributed by atoms with Crippen molar-refractivity contribution in [3.63, 3.8) is 0 Å². The molecule has 5 heteroatoms. The molecule has 1 aromatic carbocycles. The molecule has 2 aliphatic heterocycles. The fraction of sp³-hybridized carbons (Fsp3) is 0.467. The summed E-state index contributed by atoms with van der Waals surface area (Å²) < 4.78 is 0. The molecule has 0 spiro atoms. The van der Waals surface area contributed by atoms with Gasteiger partial charge in [0, 0.05) is 6.54 Å². The number of amides is 2. The van der Waals surface area contributed by atoms with Gasteiger partial charge in [-0.2, -0.15) is 0 Å². The minimum atomic E-state index is -0.124. The Kier molecular flexibility index (Phi) is 3.44. The molecule has 1 atom stereocenters. The van der Waals surface area contributed by atoms with Crippen molar-refractivity contribution in [2.45, 2.75) is 12.8 Å². The molecule has 1 N–H and O–H groups in total. The maximum absolute atomic E-state index is 12.7. The van der Waals surface area contributed by atoms with Crippen LogP contribution in [0.3, 0.4) is 0 Å². The molecule has 0 bridgehead atoms. The molecule has 0 saturated carbocycles. The second kappa shape index (κ2) is 5.25. The largest absolute Gasteiger partial charge is 0.323 e. The molecule has 5 nitrogen and oxygen atoms in total. The summed E-state index contributed by atoms with van der Waals surface area (Å²) in [6.07, 6.45) is 1.94. The van der Waals surface area contributed by atoms with Gasteiger partial charge in [-0.1, -0.05) is 12.1 Å². The van der Waals surface area contributed by atoms with Crippen molar-refractivity contribution in [1.82, 2.24) is 4.90 Å². The summed E-state index contributed by atoms with van der Waals surface area (Å²) in [7, 11) is 2.04. The maximum atomic E-state index is 12.7. The van der Waals surface area contributed by atoms with E-state index in [0.29, 0.717) is 0 Å². The van der Waals surface area contributed by atoms with Crippen LogP contribution in [-0.2, 0) is 9.59 Å². The van der Waals surface area contributed by atoms with Crippen LogP contribution < -0.4 is 10.2 Å². The Labute approximate surface area is 118 Å². The number of anilines is 2. The van der Waals surface area contributed by atoms with Crippen molar-refractivity contribution in [2.75, 3.05) is 36.9 Å². The number of rotatable bonds is 1. The van der Waals surface area contributed by atoms with Gasteiger partial charge < -0.3 is 15.1 Å². The molecule has 0 unspecified atom stereocenters. The number of nitrogens with zero attached hydrogens (tertiary/aromatic N) is 2. The van der Waals surface area contributed by atoms with Gasteiger partial charge in [-0.15, -0.1) is 0 Å². The van der Waals surface area contributed by atoms with E-state index in [2.05, 4.69) is 10.2 Å². The van der Waals surface area contributed by atoms with Crippen molar-refractivity contribution in [1.29, 1.82) is 0 Å². The summed E-state index contributed by atoms with van der Waals surface area (Å²) in [5.74, 6) is -0.0622. The Morgan fingerprint density at radius 3 is 2.95 bits per heavy atom. The van der Waals surface area contributed by atoms with Gasteiger partial charge in [-0.25, -0.2) is 0 Å². The van der Waals surface area contributed by atoms with Gasteiger partial charge >= 0.3 is 0 Å². The molecular formula is C15H19N3O2. The van der Waals surface area contributed by atoms with Crippen LogP contribution in [-0.4, -0.2) is 43.4 Å².